The van der Waals surface area contributed by atoms with Gasteiger partial charge in [0.2, 0.25) is 5.91 Å². The van der Waals surface area contributed by atoms with E-state index in [1.807, 2.05) is 55.7 Å². The standard InChI is InChI=1S/C18H20N4O2/c1-11-15-10-20-22(14-8-6-5-7-9-14)18(24)16(15)12(2)21(11)13(3)17(23)19-4/h5-10,13H,1-4H3,(H,19,23). The molecule has 1 N–H and O–H groups in total. The molecule has 2 heterocycles. The Balaban J connectivity index is 2.29. The van der Waals surface area contributed by atoms with Crippen LogP contribution in [0.15, 0.2) is 41.3 Å². The van der Waals surface area contributed by atoms with Gasteiger partial charge in [-0.1, -0.05) is 18.2 Å². The van der Waals surface area contributed by atoms with Crippen LogP contribution in [0.5, 0.6) is 0 Å². The fraction of sp³-hybridized carbons (Fsp3) is 0.278. The average molecular weight is 324 g/mol. The highest BCUT2D eigenvalue weighted by molar-refractivity contribution is 5.89. The van der Waals surface area contributed by atoms with Gasteiger partial charge >= 0.3 is 0 Å². The molecule has 6 nitrogen and oxygen atoms in total. The number of carbonyl (C=O) groups is 1. The van der Waals surface area contributed by atoms with Crippen LogP contribution < -0.4 is 10.9 Å². The van der Waals surface area contributed by atoms with Crippen molar-refractivity contribution >= 4 is 16.7 Å². The largest absolute Gasteiger partial charge is 0.357 e. The predicted octanol–water partition coefficient (Wildman–Crippen LogP) is 2.11. The number of para-hydroxylation sites is 1. The van der Waals surface area contributed by atoms with Crippen molar-refractivity contribution in [1.82, 2.24) is 19.7 Å². The molecule has 1 unspecified atom stereocenters. The predicted molar refractivity (Wildman–Crippen MR) is 93.6 cm³/mol. The number of hydrogen-bond acceptors (Lipinski definition) is 3. The molecule has 24 heavy (non-hydrogen) atoms. The molecule has 0 fully saturated rings. The lowest BCUT2D eigenvalue weighted by Crippen LogP contribution is -2.29. The summed E-state index contributed by atoms with van der Waals surface area (Å²) in [5.74, 6) is -0.0992. The molecular formula is C18H20N4O2. The molecule has 0 spiro atoms. The van der Waals surface area contributed by atoms with Crippen LogP contribution in [0.2, 0.25) is 0 Å². The topological polar surface area (TPSA) is 68.9 Å². The lowest BCUT2D eigenvalue weighted by Gasteiger charge is -2.16. The fourth-order valence-electron chi connectivity index (χ4n) is 3.24. The minimum atomic E-state index is -0.396. The number of nitrogens with zero attached hydrogens (tertiary/aromatic N) is 3. The summed E-state index contributed by atoms with van der Waals surface area (Å²) in [5.41, 5.74) is 2.18. The first-order valence-electron chi connectivity index (χ1n) is 7.83. The maximum absolute atomic E-state index is 13.0. The Labute approximate surface area is 139 Å². The smallest absolute Gasteiger partial charge is 0.281 e. The van der Waals surface area contributed by atoms with Gasteiger partial charge in [0.25, 0.3) is 5.56 Å². The SMILES string of the molecule is CNC(=O)C(C)n1c(C)c2cnn(-c3ccccc3)c(=O)c2c1C. The first-order chi connectivity index (χ1) is 11.5. The van der Waals surface area contributed by atoms with Gasteiger partial charge in [0.1, 0.15) is 6.04 Å². The molecule has 0 aliphatic heterocycles. The summed E-state index contributed by atoms with van der Waals surface area (Å²) in [6.45, 7) is 5.59. The molecule has 0 radical (unpaired) electrons. The fourth-order valence-corrected chi connectivity index (χ4v) is 3.24. The number of aromatic nitrogens is 3. The molecule has 0 saturated heterocycles. The van der Waals surface area contributed by atoms with E-state index in [2.05, 4.69) is 10.4 Å². The Bertz CT molecular complexity index is 970. The second kappa shape index (κ2) is 5.96. The Morgan fingerprint density at radius 3 is 2.46 bits per heavy atom. The molecular weight excluding hydrogens is 304 g/mol. The van der Waals surface area contributed by atoms with Crippen molar-refractivity contribution in [3.8, 4) is 5.69 Å². The normalized spacial score (nSPS) is 12.3. The van der Waals surface area contributed by atoms with Gasteiger partial charge in [-0.15, -0.1) is 0 Å². The molecule has 2 aromatic heterocycles. The molecule has 0 aliphatic carbocycles. The number of rotatable bonds is 3. The third kappa shape index (κ3) is 2.31. The zero-order valence-electron chi connectivity index (χ0n) is 14.2. The van der Waals surface area contributed by atoms with Gasteiger partial charge in [-0.25, -0.2) is 0 Å². The molecule has 124 valence electrons. The molecule has 3 rings (SSSR count). The van der Waals surface area contributed by atoms with E-state index >= 15 is 0 Å². The van der Waals surface area contributed by atoms with Gasteiger partial charge in [-0.3, -0.25) is 9.59 Å². The molecule has 3 aromatic rings. The Hall–Kier alpha value is -2.89. The van der Waals surface area contributed by atoms with E-state index in [0.717, 1.165) is 16.8 Å². The molecule has 1 atom stereocenters. The summed E-state index contributed by atoms with van der Waals surface area (Å²) in [6, 6.07) is 8.91. The van der Waals surface area contributed by atoms with Crippen LogP contribution >= 0.6 is 0 Å². The van der Waals surface area contributed by atoms with Crippen molar-refractivity contribution in [2.75, 3.05) is 7.05 Å². The van der Waals surface area contributed by atoms with Crippen LogP contribution in [0.3, 0.4) is 0 Å². The summed E-state index contributed by atoms with van der Waals surface area (Å²) >= 11 is 0. The number of hydrogen-bond donors (Lipinski definition) is 1. The second-order valence-electron chi connectivity index (χ2n) is 5.82. The summed E-state index contributed by atoms with van der Waals surface area (Å²) in [5, 5.41) is 8.34. The first kappa shape index (κ1) is 16.0. The van der Waals surface area contributed by atoms with Crippen LogP contribution in [0, 0.1) is 13.8 Å². The molecule has 1 amide bonds. The van der Waals surface area contributed by atoms with E-state index in [4.69, 9.17) is 0 Å². The summed E-state index contributed by atoms with van der Waals surface area (Å²) in [7, 11) is 1.61. The number of aryl methyl sites for hydroxylation is 2. The highest BCUT2D eigenvalue weighted by atomic mass is 16.2. The highest BCUT2D eigenvalue weighted by Gasteiger charge is 2.22. The highest BCUT2D eigenvalue weighted by Crippen LogP contribution is 2.26. The van der Waals surface area contributed by atoms with E-state index in [9.17, 15) is 9.59 Å². The Morgan fingerprint density at radius 1 is 1.17 bits per heavy atom. The third-order valence-corrected chi connectivity index (χ3v) is 4.47. The maximum Gasteiger partial charge on any atom is 0.281 e. The van der Waals surface area contributed by atoms with Gasteiger partial charge in [0, 0.05) is 23.8 Å². The van der Waals surface area contributed by atoms with Crippen molar-refractivity contribution in [2.45, 2.75) is 26.8 Å². The molecule has 1 aromatic carbocycles. The van der Waals surface area contributed by atoms with E-state index in [-0.39, 0.29) is 11.5 Å². The van der Waals surface area contributed by atoms with E-state index in [0.29, 0.717) is 11.1 Å². The van der Waals surface area contributed by atoms with Crippen LogP contribution in [-0.4, -0.2) is 27.3 Å². The van der Waals surface area contributed by atoms with Crippen LogP contribution in [0.25, 0.3) is 16.5 Å². The van der Waals surface area contributed by atoms with Crippen molar-refractivity contribution in [2.24, 2.45) is 0 Å². The van der Waals surface area contributed by atoms with Crippen molar-refractivity contribution in [1.29, 1.82) is 0 Å². The van der Waals surface area contributed by atoms with E-state index in [1.54, 1.807) is 13.2 Å². The lowest BCUT2D eigenvalue weighted by atomic mass is 10.2. The summed E-state index contributed by atoms with van der Waals surface area (Å²) in [4.78, 5) is 25.0. The Morgan fingerprint density at radius 2 is 1.83 bits per heavy atom. The quantitative estimate of drug-likeness (QED) is 0.802. The molecule has 0 aliphatic rings. The van der Waals surface area contributed by atoms with Gasteiger partial charge < -0.3 is 9.88 Å². The van der Waals surface area contributed by atoms with Gasteiger partial charge in [-0.2, -0.15) is 9.78 Å². The lowest BCUT2D eigenvalue weighted by molar-refractivity contribution is -0.123. The Kier molecular flexibility index (Phi) is 3.97. The minimum Gasteiger partial charge on any atom is -0.357 e. The molecule has 0 saturated carbocycles. The number of nitrogens with one attached hydrogen (secondary N) is 1. The van der Waals surface area contributed by atoms with Crippen LogP contribution in [0.4, 0.5) is 0 Å². The first-order valence-corrected chi connectivity index (χ1v) is 7.83. The number of fused-ring (bicyclic) bond motifs is 1. The molecule has 0 bridgehead atoms. The average Bonchev–Trinajstić information content (AvgIpc) is 2.86. The van der Waals surface area contributed by atoms with Crippen LogP contribution in [0.1, 0.15) is 24.4 Å². The second-order valence-corrected chi connectivity index (χ2v) is 5.82. The zero-order valence-corrected chi connectivity index (χ0v) is 14.2. The van der Waals surface area contributed by atoms with Crippen LogP contribution in [-0.2, 0) is 4.79 Å². The maximum atomic E-state index is 13.0. The number of amides is 1. The van der Waals surface area contributed by atoms with E-state index in [1.165, 1.54) is 4.68 Å². The number of carbonyl (C=O) groups excluding carboxylic acids is 1. The third-order valence-electron chi connectivity index (χ3n) is 4.47. The summed E-state index contributed by atoms with van der Waals surface area (Å²) in [6.07, 6.45) is 1.69. The number of benzene rings is 1. The number of likely N-dealkylation sites (N-methyl/N-ethyl adjacent to an activating group) is 1. The van der Waals surface area contributed by atoms with Crippen molar-refractivity contribution < 1.29 is 4.79 Å². The van der Waals surface area contributed by atoms with Gasteiger partial charge in [0.05, 0.1) is 17.3 Å². The van der Waals surface area contributed by atoms with Gasteiger partial charge in [-0.05, 0) is 32.9 Å². The van der Waals surface area contributed by atoms with Gasteiger partial charge in [0.15, 0.2) is 0 Å². The molecule has 6 heteroatoms. The minimum absolute atomic E-state index is 0.0992. The summed E-state index contributed by atoms with van der Waals surface area (Å²) < 4.78 is 3.28. The van der Waals surface area contributed by atoms with Crippen molar-refractivity contribution in [3.05, 3.63) is 58.3 Å². The monoisotopic (exact) mass is 324 g/mol. The van der Waals surface area contributed by atoms with Crippen molar-refractivity contribution in [3.63, 3.8) is 0 Å². The zero-order chi connectivity index (χ0) is 17.4. The van der Waals surface area contributed by atoms with E-state index < -0.39 is 6.04 Å².